The number of rotatable bonds is 2. The van der Waals surface area contributed by atoms with Gasteiger partial charge in [0.2, 0.25) is 0 Å². The average molecular weight is 198 g/mol. The quantitative estimate of drug-likeness (QED) is 0.566. The highest BCUT2D eigenvalue weighted by molar-refractivity contribution is 4.97. The molecule has 0 bridgehead atoms. The third-order valence-corrected chi connectivity index (χ3v) is 2.77. The predicted octanol–water partition coefficient (Wildman–Crippen LogP) is 5.28. The van der Waals surface area contributed by atoms with Crippen LogP contribution in [0.5, 0.6) is 0 Å². The van der Waals surface area contributed by atoms with E-state index in [1.54, 1.807) is 0 Å². The molecule has 0 amide bonds. The molecule has 14 heavy (non-hydrogen) atoms. The van der Waals surface area contributed by atoms with Gasteiger partial charge in [0.05, 0.1) is 0 Å². The molecule has 0 atom stereocenters. The van der Waals surface area contributed by atoms with Crippen LogP contribution < -0.4 is 0 Å². The Hall–Kier alpha value is 0. The Morgan fingerprint density at radius 1 is 0.786 bits per heavy atom. The third-order valence-electron chi connectivity index (χ3n) is 2.77. The second kappa shape index (κ2) is 3.87. The van der Waals surface area contributed by atoms with Crippen LogP contribution in [0.15, 0.2) is 0 Å². The van der Waals surface area contributed by atoms with Crippen molar-refractivity contribution in [3.8, 4) is 0 Å². The van der Waals surface area contributed by atoms with Gasteiger partial charge in [0.1, 0.15) is 0 Å². The molecule has 0 heterocycles. The predicted molar refractivity (Wildman–Crippen MR) is 66.5 cm³/mol. The van der Waals surface area contributed by atoms with Crippen molar-refractivity contribution in [2.75, 3.05) is 0 Å². The van der Waals surface area contributed by atoms with E-state index in [1.807, 2.05) is 0 Å². The normalized spacial score (nSPS) is 20.1. The molecule has 0 unspecified atom stereocenters. The molecular weight excluding hydrogens is 168 g/mol. The van der Waals surface area contributed by atoms with Gasteiger partial charge in [-0.1, -0.05) is 49.0 Å². The fourth-order valence-corrected chi connectivity index (χ4v) is 2.84. The first-order valence-corrected chi connectivity index (χ1v) is 5.62. The van der Waals surface area contributed by atoms with Gasteiger partial charge in [-0.3, -0.25) is 0 Å². The fraction of sp³-hybridized carbons (Fsp3) is 1.00. The Kier molecular flexibility index (Phi) is 3.87. The number of hydrogen-bond donors (Lipinski definition) is 0. The van der Waals surface area contributed by atoms with E-state index in [1.165, 1.54) is 25.7 Å². The molecule has 0 spiro atoms. The average Bonchev–Trinajstić information content (AvgIpc) is 2.36. The summed E-state index contributed by atoms with van der Waals surface area (Å²) in [7, 11) is 0. The zero-order valence-corrected chi connectivity index (χ0v) is 10.3. The lowest BCUT2D eigenvalue weighted by Crippen LogP contribution is -2.20. The van der Waals surface area contributed by atoms with Gasteiger partial charge in [-0.05, 0) is 41.9 Å². The molecule has 0 aromatic carbocycles. The summed E-state index contributed by atoms with van der Waals surface area (Å²) in [5.74, 6) is 0. The van der Waals surface area contributed by atoms with Gasteiger partial charge in [0, 0.05) is 0 Å². The molecule has 0 aliphatic heterocycles. The molecular formula is C14H30. The van der Waals surface area contributed by atoms with Crippen LogP contribution in [0.25, 0.3) is 0 Å². The maximum absolute atomic E-state index is 2.37. The molecule has 0 aromatic rings. The topological polar surface area (TPSA) is 0 Å². The van der Waals surface area contributed by atoms with Crippen LogP contribution in [0.3, 0.4) is 0 Å². The minimum atomic E-state index is 0. The Labute approximate surface area is 91.5 Å². The van der Waals surface area contributed by atoms with Gasteiger partial charge < -0.3 is 0 Å². The molecule has 1 aliphatic rings. The van der Waals surface area contributed by atoms with Gasteiger partial charge in [-0.2, -0.15) is 0 Å². The minimum absolute atomic E-state index is 0. The summed E-state index contributed by atoms with van der Waals surface area (Å²) in [6.45, 7) is 14.2. The molecule has 86 valence electrons. The van der Waals surface area contributed by atoms with Crippen LogP contribution in [0.4, 0.5) is 0 Å². The third kappa shape index (κ3) is 5.02. The minimum Gasteiger partial charge on any atom is -0.0776 e. The molecule has 1 rings (SSSR count). The van der Waals surface area contributed by atoms with Crippen LogP contribution in [0, 0.1) is 16.2 Å². The summed E-state index contributed by atoms with van der Waals surface area (Å²) in [4.78, 5) is 0. The second-order valence-electron chi connectivity index (χ2n) is 7.47. The first kappa shape index (κ1) is 14.0. The van der Waals surface area contributed by atoms with Gasteiger partial charge in [0.15, 0.2) is 0 Å². The highest BCUT2D eigenvalue weighted by atomic mass is 14.5. The fourth-order valence-electron chi connectivity index (χ4n) is 2.84. The summed E-state index contributed by atoms with van der Waals surface area (Å²) in [5, 5.41) is 0. The highest BCUT2D eigenvalue weighted by Crippen LogP contribution is 2.58. The Morgan fingerprint density at radius 3 is 1.21 bits per heavy atom. The van der Waals surface area contributed by atoms with Gasteiger partial charge in [-0.25, -0.2) is 0 Å². The smallest absolute Gasteiger partial charge is 0.0287 e. The van der Waals surface area contributed by atoms with Crippen molar-refractivity contribution in [3.05, 3.63) is 0 Å². The molecule has 1 fully saturated rings. The van der Waals surface area contributed by atoms with Crippen LogP contribution in [0.1, 0.15) is 74.7 Å². The van der Waals surface area contributed by atoms with E-state index in [9.17, 15) is 0 Å². The summed E-state index contributed by atoms with van der Waals surface area (Å²) < 4.78 is 0. The first-order valence-electron chi connectivity index (χ1n) is 5.62. The molecule has 0 N–H and O–H groups in total. The van der Waals surface area contributed by atoms with E-state index >= 15 is 0 Å². The van der Waals surface area contributed by atoms with Crippen LogP contribution in [-0.2, 0) is 0 Å². The molecule has 0 radical (unpaired) electrons. The lowest BCUT2D eigenvalue weighted by Gasteiger charge is -2.31. The first-order chi connectivity index (χ1) is 5.62. The van der Waals surface area contributed by atoms with Crippen molar-refractivity contribution in [2.45, 2.75) is 74.7 Å². The zero-order valence-electron chi connectivity index (χ0n) is 10.3. The summed E-state index contributed by atoms with van der Waals surface area (Å²) in [5.41, 5.74) is 1.75. The van der Waals surface area contributed by atoms with E-state index in [-0.39, 0.29) is 7.43 Å². The summed E-state index contributed by atoms with van der Waals surface area (Å²) in [6, 6.07) is 0. The Balaban J connectivity index is 0.00000169. The van der Waals surface area contributed by atoms with Crippen molar-refractivity contribution in [1.29, 1.82) is 0 Å². The SMILES string of the molecule is C.CC(C)(C)CC1(CC(C)(C)C)CC1. The molecule has 0 heteroatoms. The van der Waals surface area contributed by atoms with Gasteiger partial charge >= 0.3 is 0 Å². The van der Waals surface area contributed by atoms with Crippen LogP contribution in [0.2, 0.25) is 0 Å². The maximum Gasteiger partial charge on any atom is -0.0287 e. The lowest BCUT2D eigenvalue weighted by atomic mass is 9.75. The molecule has 0 aromatic heterocycles. The van der Waals surface area contributed by atoms with E-state index in [0.29, 0.717) is 10.8 Å². The lowest BCUT2D eigenvalue weighted by molar-refractivity contribution is 0.202. The van der Waals surface area contributed by atoms with E-state index < -0.39 is 0 Å². The van der Waals surface area contributed by atoms with Crippen LogP contribution in [-0.4, -0.2) is 0 Å². The van der Waals surface area contributed by atoms with Crippen molar-refractivity contribution in [3.63, 3.8) is 0 Å². The number of hydrogen-bond acceptors (Lipinski definition) is 0. The van der Waals surface area contributed by atoms with Gasteiger partial charge in [0.25, 0.3) is 0 Å². The van der Waals surface area contributed by atoms with Crippen LogP contribution >= 0.6 is 0 Å². The molecule has 0 nitrogen and oxygen atoms in total. The Bertz CT molecular complexity index is 153. The molecule has 1 saturated carbocycles. The highest BCUT2D eigenvalue weighted by Gasteiger charge is 2.46. The monoisotopic (exact) mass is 198 g/mol. The largest absolute Gasteiger partial charge is 0.0776 e. The molecule has 0 saturated heterocycles. The van der Waals surface area contributed by atoms with Crippen molar-refractivity contribution < 1.29 is 0 Å². The van der Waals surface area contributed by atoms with Crippen molar-refractivity contribution in [1.82, 2.24) is 0 Å². The maximum atomic E-state index is 2.37. The van der Waals surface area contributed by atoms with E-state index in [0.717, 1.165) is 5.41 Å². The summed E-state index contributed by atoms with van der Waals surface area (Å²) >= 11 is 0. The van der Waals surface area contributed by atoms with E-state index in [4.69, 9.17) is 0 Å². The second-order valence-corrected chi connectivity index (χ2v) is 7.47. The van der Waals surface area contributed by atoms with Crippen molar-refractivity contribution in [2.24, 2.45) is 16.2 Å². The van der Waals surface area contributed by atoms with Crippen molar-refractivity contribution >= 4 is 0 Å². The Morgan fingerprint density at radius 2 is 1.07 bits per heavy atom. The molecule has 1 aliphatic carbocycles. The summed E-state index contributed by atoms with van der Waals surface area (Å²) in [6.07, 6.45) is 5.78. The standard InChI is InChI=1S/C13H26.CH4/c1-11(2,3)9-13(7-8-13)10-12(4,5)6;/h7-10H2,1-6H3;1H4. The van der Waals surface area contributed by atoms with Gasteiger partial charge in [-0.15, -0.1) is 0 Å². The zero-order chi connectivity index (χ0) is 10.3. The van der Waals surface area contributed by atoms with E-state index in [2.05, 4.69) is 41.5 Å².